The minimum absolute atomic E-state index is 0.208. The SMILES string of the molecule is Cc1nnc(O[C@H]2CCCNC2)c2ccccc12. The Hall–Kier alpha value is -1.68. The summed E-state index contributed by atoms with van der Waals surface area (Å²) < 4.78 is 5.99. The fourth-order valence-electron chi connectivity index (χ4n) is 2.38. The van der Waals surface area contributed by atoms with Crippen LogP contribution in [0.15, 0.2) is 24.3 Å². The van der Waals surface area contributed by atoms with Crippen LogP contribution in [-0.4, -0.2) is 29.4 Å². The van der Waals surface area contributed by atoms with Crippen LogP contribution < -0.4 is 10.1 Å². The first-order chi connectivity index (χ1) is 8.84. The van der Waals surface area contributed by atoms with E-state index in [4.69, 9.17) is 4.74 Å². The summed E-state index contributed by atoms with van der Waals surface area (Å²) in [4.78, 5) is 0. The van der Waals surface area contributed by atoms with E-state index in [9.17, 15) is 0 Å². The van der Waals surface area contributed by atoms with E-state index in [1.807, 2.05) is 25.1 Å². The van der Waals surface area contributed by atoms with Crippen LogP contribution in [0.2, 0.25) is 0 Å². The van der Waals surface area contributed by atoms with Gasteiger partial charge in [0.2, 0.25) is 5.88 Å². The molecule has 2 heterocycles. The van der Waals surface area contributed by atoms with Gasteiger partial charge in [-0.3, -0.25) is 0 Å². The Labute approximate surface area is 106 Å². The molecule has 1 aromatic carbocycles. The van der Waals surface area contributed by atoms with Crippen LogP contribution in [-0.2, 0) is 0 Å². The van der Waals surface area contributed by atoms with Crippen molar-refractivity contribution in [2.45, 2.75) is 25.9 Å². The zero-order chi connectivity index (χ0) is 12.4. The van der Waals surface area contributed by atoms with Crippen LogP contribution >= 0.6 is 0 Å². The van der Waals surface area contributed by atoms with Crippen LogP contribution in [0.5, 0.6) is 5.88 Å². The van der Waals surface area contributed by atoms with Gasteiger partial charge in [0.05, 0.1) is 5.69 Å². The maximum atomic E-state index is 5.99. The van der Waals surface area contributed by atoms with E-state index in [1.165, 1.54) is 0 Å². The molecule has 0 saturated carbocycles. The highest BCUT2D eigenvalue weighted by molar-refractivity contribution is 5.88. The molecule has 1 fully saturated rings. The summed E-state index contributed by atoms with van der Waals surface area (Å²) in [7, 11) is 0. The maximum absolute atomic E-state index is 5.99. The van der Waals surface area contributed by atoms with Gasteiger partial charge in [-0.05, 0) is 32.4 Å². The number of nitrogens with one attached hydrogen (secondary N) is 1. The van der Waals surface area contributed by atoms with Crippen molar-refractivity contribution in [1.82, 2.24) is 15.5 Å². The number of benzene rings is 1. The third-order valence-electron chi connectivity index (χ3n) is 3.37. The van der Waals surface area contributed by atoms with E-state index >= 15 is 0 Å². The third-order valence-corrected chi connectivity index (χ3v) is 3.37. The molecule has 0 spiro atoms. The highest BCUT2D eigenvalue weighted by atomic mass is 16.5. The second kappa shape index (κ2) is 4.90. The molecule has 1 atom stereocenters. The number of hydrogen-bond donors (Lipinski definition) is 1. The summed E-state index contributed by atoms with van der Waals surface area (Å²) in [5.74, 6) is 0.657. The fourth-order valence-corrected chi connectivity index (χ4v) is 2.38. The van der Waals surface area contributed by atoms with Gasteiger partial charge in [-0.1, -0.05) is 18.2 Å². The lowest BCUT2D eigenvalue weighted by molar-refractivity contribution is 0.161. The Kier molecular flexibility index (Phi) is 3.11. The summed E-state index contributed by atoms with van der Waals surface area (Å²) in [6.07, 6.45) is 2.44. The van der Waals surface area contributed by atoms with Gasteiger partial charge in [-0.2, -0.15) is 5.10 Å². The largest absolute Gasteiger partial charge is 0.471 e. The van der Waals surface area contributed by atoms with Crippen molar-refractivity contribution in [3.8, 4) is 5.88 Å². The molecule has 1 aliphatic rings. The molecule has 4 nitrogen and oxygen atoms in total. The number of rotatable bonds is 2. The van der Waals surface area contributed by atoms with E-state index in [1.54, 1.807) is 0 Å². The number of fused-ring (bicyclic) bond motifs is 1. The van der Waals surface area contributed by atoms with Gasteiger partial charge in [-0.25, -0.2) is 0 Å². The number of piperidine rings is 1. The van der Waals surface area contributed by atoms with Crippen LogP contribution in [0.25, 0.3) is 10.8 Å². The predicted octanol–water partition coefficient (Wildman–Crippen LogP) is 2.07. The molecule has 0 amide bonds. The number of hydrogen-bond acceptors (Lipinski definition) is 4. The number of aryl methyl sites for hydroxylation is 1. The highest BCUT2D eigenvalue weighted by Crippen LogP contribution is 2.25. The lowest BCUT2D eigenvalue weighted by Crippen LogP contribution is -2.37. The molecule has 18 heavy (non-hydrogen) atoms. The second-order valence-electron chi connectivity index (χ2n) is 4.72. The fraction of sp³-hybridized carbons (Fsp3) is 0.429. The Morgan fingerprint density at radius 3 is 2.83 bits per heavy atom. The van der Waals surface area contributed by atoms with E-state index in [2.05, 4.69) is 21.6 Å². The monoisotopic (exact) mass is 243 g/mol. The topological polar surface area (TPSA) is 47.0 Å². The maximum Gasteiger partial charge on any atom is 0.241 e. The molecule has 3 rings (SSSR count). The predicted molar refractivity (Wildman–Crippen MR) is 70.8 cm³/mol. The summed E-state index contributed by atoms with van der Waals surface area (Å²) in [5, 5.41) is 13.9. The average molecular weight is 243 g/mol. The number of ether oxygens (including phenoxy) is 1. The molecule has 1 aliphatic heterocycles. The van der Waals surface area contributed by atoms with Crippen molar-refractivity contribution in [2.24, 2.45) is 0 Å². The molecule has 94 valence electrons. The van der Waals surface area contributed by atoms with Crippen molar-refractivity contribution in [1.29, 1.82) is 0 Å². The summed E-state index contributed by atoms with van der Waals surface area (Å²) in [5.41, 5.74) is 0.944. The normalized spacial score (nSPS) is 19.9. The third kappa shape index (κ3) is 2.16. The van der Waals surface area contributed by atoms with Gasteiger partial charge in [0.15, 0.2) is 0 Å². The quantitative estimate of drug-likeness (QED) is 0.877. The van der Waals surface area contributed by atoms with E-state index < -0.39 is 0 Å². The lowest BCUT2D eigenvalue weighted by atomic mass is 10.1. The second-order valence-corrected chi connectivity index (χ2v) is 4.72. The minimum Gasteiger partial charge on any atom is -0.471 e. The van der Waals surface area contributed by atoms with Crippen molar-refractivity contribution < 1.29 is 4.74 Å². The van der Waals surface area contributed by atoms with Crippen LogP contribution in [0.3, 0.4) is 0 Å². The first kappa shape index (κ1) is 11.4. The van der Waals surface area contributed by atoms with Crippen LogP contribution in [0.4, 0.5) is 0 Å². The molecule has 1 aromatic heterocycles. The van der Waals surface area contributed by atoms with Gasteiger partial charge >= 0.3 is 0 Å². The Morgan fingerprint density at radius 2 is 2.06 bits per heavy atom. The van der Waals surface area contributed by atoms with Crippen molar-refractivity contribution in [3.05, 3.63) is 30.0 Å². The van der Waals surface area contributed by atoms with Crippen LogP contribution in [0.1, 0.15) is 18.5 Å². The highest BCUT2D eigenvalue weighted by Gasteiger charge is 2.17. The lowest BCUT2D eigenvalue weighted by Gasteiger charge is -2.23. The van der Waals surface area contributed by atoms with E-state index in [0.29, 0.717) is 5.88 Å². The molecule has 1 saturated heterocycles. The smallest absolute Gasteiger partial charge is 0.241 e. The van der Waals surface area contributed by atoms with Gasteiger partial charge in [0.25, 0.3) is 0 Å². The van der Waals surface area contributed by atoms with Gasteiger partial charge in [-0.15, -0.1) is 5.10 Å². The summed E-state index contributed by atoms with van der Waals surface area (Å²) in [6, 6.07) is 8.13. The van der Waals surface area contributed by atoms with Crippen molar-refractivity contribution in [2.75, 3.05) is 13.1 Å². The first-order valence-corrected chi connectivity index (χ1v) is 6.44. The Balaban J connectivity index is 1.94. The first-order valence-electron chi connectivity index (χ1n) is 6.44. The van der Waals surface area contributed by atoms with Crippen molar-refractivity contribution in [3.63, 3.8) is 0 Å². The molecule has 0 bridgehead atoms. The van der Waals surface area contributed by atoms with Gasteiger partial charge in [0.1, 0.15) is 6.10 Å². The number of nitrogens with zero attached hydrogens (tertiary/aromatic N) is 2. The molecule has 1 N–H and O–H groups in total. The molecular formula is C14H17N3O. The van der Waals surface area contributed by atoms with Gasteiger partial charge < -0.3 is 10.1 Å². The Morgan fingerprint density at radius 1 is 1.22 bits per heavy atom. The van der Waals surface area contributed by atoms with Crippen LogP contribution in [0, 0.1) is 6.92 Å². The summed E-state index contributed by atoms with van der Waals surface area (Å²) >= 11 is 0. The minimum atomic E-state index is 0.208. The standard InChI is InChI=1S/C14H17N3O/c1-10-12-6-2-3-7-13(12)14(17-16-10)18-11-5-4-8-15-9-11/h2-3,6-7,11,15H,4-5,8-9H2,1H3/t11-/m0/s1. The molecule has 2 aromatic rings. The average Bonchev–Trinajstić information content (AvgIpc) is 2.44. The summed E-state index contributed by atoms with van der Waals surface area (Å²) in [6.45, 7) is 3.95. The molecule has 0 radical (unpaired) electrons. The molecule has 0 unspecified atom stereocenters. The van der Waals surface area contributed by atoms with Gasteiger partial charge in [0, 0.05) is 17.3 Å². The zero-order valence-corrected chi connectivity index (χ0v) is 10.5. The Bertz CT molecular complexity index is 550. The molecular weight excluding hydrogens is 226 g/mol. The van der Waals surface area contributed by atoms with E-state index in [-0.39, 0.29) is 6.10 Å². The zero-order valence-electron chi connectivity index (χ0n) is 10.5. The molecule has 4 heteroatoms. The number of aromatic nitrogens is 2. The van der Waals surface area contributed by atoms with Crippen molar-refractivity contribution >= 4 is 10.8 Å². The molecule has 0 aliphatic carbocycles. The van der Waals surface area contributed by atoms with E-state index in [0.717, 1.165) is 42.4 Å².